The Morgan fingerprint density at radius 2 is 2.15 bits per heavy atom. The number of benzene rings is 1. The van der Waals surface area contributed by atoms with Crippen molar-refractivity contribution in [1.29, 1.82) is 0 Å². The Bertz CT molecular complexity index is 693. The van der Waals surface area contributed by atoms with Crippen LogP contribution >= 0.6 is 35.3 Å². The molecule has 26 heavy (non-hydrogen) atoms. The van der Waals surface area contributed by atoms with Crippen molar-refractivity contribution in [1.82, 2.24) is 10.6 Å². The van der Waals surface area contributed by atoms with Gasteiger partial charge in [0.25, 0.3) is 0 Å². The highest BCUT2D eigenvalue weighted by Crippen LogP contribution is 2.30. The van der Waals surface area contributed by atoms with E-state index in [-0.39, 0.29) is 24.0 Å². The minimum atomic E-state index is 0. The summed E-state index contributed by atoms with van der Waals surface area (Å²) in [5.41, 5.74) is 1.16. The molecule has 0 aliphatic carbocycles. The minimum Gasteiger partial charge on any atom is -0.495 e. The van der Waals surface area contributed by atoms with Crippen LogP contribution in [0.5, 0.6) is 5.75 Å². The van der Waals surface area contributed by atoms with Gasteiger partial charge in [-0.1, -0.05) is 18.2 Å². The molecule has 0 spiro atoms. The van der Waals surface area contributed by atoms with Crippen molar-refractivity contribution in [2.45, 2.75) is 18.9 Å². The van der Waals surface area contributed by atoms with Crippen molar-refractivity contribution >= 4 is 47.0 Å². The molecule has 5 nitrogen and oxygen atoms in total. The Labute approximate surface area is 176 Å². The molecular weight excluding hydrogens is 459 g/mol. The zero-order valence-corrected chi connectivity index (χ0v) is 18.4. The highest BCUT2D eigenvalue weighted by Gasteiger charge is 2.25. The van der Waals surface area contributed by atoms with E-state index < -0.39 is 0 Å². The normalized spacial score (nSPS) is 16.9. The van der Waals surface area contributed by atoms with Crippen LogP contribution in [-0.2, 0) is 6.42 Å². The molecule has 3 rings (SSSR count). The molecule has 7 heteroatoms. The van der Waals surface area contributed by atoms with Gasteiger partial charge in [-0.2, -0.15) is 0 Å². The second-order valence-corrected chi connectivity index (χ2v) is 7.11. The summed E-state index contributed by atoms with van der Waals surface area (Å²) in [4.78, 5) is 8.12. The molecule has 1 aliphatic rings. The smallest absolute Gasteiger partial charge is 0.191 e. The van der Waals surface area contributed by atoms with Crippen LogP contribution in [0.15, 0.2) is 46.8 Å². The highest BCUT2D eigenvalue weighted by molar-refractivity contribution is 14.0. The van der Waals surface area contributed by atoms with Crippen molar-refractivity contribution in [3.8, 4) is 5.75 Å². The third-order valence-corrected chi connectivity index (χ3v) is 5.36. The number of thiophene rings is 1. The molecule has 2 aromatic rings. The Morgan fingerprint density at radius 3 is 2.88 bits per heavy atom. The number of halogens is 1. The second kappa shape index (κ2) is 10.6. The number of nitrogens with one attached hydrogen (secondary N) is 2. The fourth-order valence-electron chi connectivity index (χ4n) is 3.13. The molecule has 1 aromatic carbocycles. The van der Waals surface area contributed by atoms with Gasteiger partial charge < -0.3 is 20.3 Å². The van der Waals surface area contributed by atoms with Crippen LogP contribution in [-0.4, -0.2) is 45.8 Å². The largest absolute Gasteiger partial charge is 0.495 e. The second-order valence-electron chi connectivity index (χ2n) is 6.08. The van der Waals surface area contributed by atoms with Crippen molar-refractivity contribution in [2.24, 2.45) is 4.99 Å². The fraction of sp³-hybridized carbons (Fsp3) is 0.421. The predicted octanol–water partition coefficient (Wildman–Crippen LogP) is 3.36. The van der Waals surface area contributed by atoms with E-state index in [0.29, 0.717) is 6.04 Å². The Balaban J connectivity index is 0.00000243. The first-order chi connectivity index (χ1) is 12.3. The summed E-state index contributed by atoms with van der Waals surface area (Å²) in [5, 5.41) is 9.08. The number of para-hydroxylation sites is 2. The SMILES string of the molecule is CN=C(NCCc1cccs1)NC1CCN(c2ccccc2OC)C1.I. The number of ether oxygens (including phenoxy) is 1. The summed E-state index contributed by atoms with van der Waals surface area (Å²) in [6.07, 6.45) is 2.11. The van der Waals surface area contributed by atoms with Gasteiger partial charge in [0.2, 0.25) is 0 Å². The molecule has 1 fully saturated rings. The third kappa shape index (κ3) is 5.51. The maximum Gasteiger partial charge on any atom is 0.191 e. The van der Waals surface area contributed by atoms with Crippen molar-refractivity contribution in [3.63, 3.8) is 0 Å². The van der Waals surface area contributed by atoms with E-state index >= 15 is 0 Å². The van der Waals surface area contributed by atoms with Gasteiger partial charge in [-0.25, -0.2) is 0 Å². The molecule has 1 saturated heterocycles. The highest BCUT2D eigenvalue weighted by atomic mass is 127. The Kier molecular flexibility index (Phi) is 8.50. The number of hydrogen-bond acceptors (Lipinski definition) is 4. The van der Waals surface area contributed by atoms with Crippen molar-refractivity contribution < 1.29 is 4.74 Å². The lowest BCUT2D eigenvalue weighted by atomic mass is 10.2. The van der Waals surface area contributed by atoms with Gasteiger partial charge in [0, 0.05) is 37.6 Å². The summed E-state index contributed by atoms with van der Waals surface area (Å²) >= 11 is 1.80. The number of nitrogens with zero attached hydrogens (tertiary/aromatic N) is 2. The third-order valence-electron chi connectivity index (χ3n) is 4.42. The van der Waals surface area contributed by atoms with Crippen molar-refractivity contribution in [3.05, 3.63) is 46.7 Å². The molecule has 1 unspecified atom stereocenters. The number of methoxy groups -OCH3 is 1. The van der Waals surface area contributed by atoms with Gasteiger partial charge in [-0.05, 0) is 36.4 Å². The number of guanidine groups is 1. The van der Waals surface area contributed by atoms with Crippen LogP contribution in [0.2, 0.25) is 0 Å². The first-order valence-corrected chi connectivity index (χ1v) is 9.55. The molecular formula is C19H27IN4OS. The molecule has 2 heterocycles. The summed E-state index contributed by atoms with van der Waals surface area (Å²) in [6, 6.07) is 12.9. The first-order valence-electron chi connectivity index (χ1n) is 8.67. The Morgan fingerprint density at radius 1 is 1.31 bits per heavy atom. The molecule has 2 N–H and O–H groups in total. The quantitative estimate of drug-likeness (QED) is 0.374. The number of hydrogen-bond donors (Lipinski definition) is 2. The van der Waals surface area contributed by atoms with Gasteiger partial charge in [0.15, 0.2) is 5.96 Å². The van der Waals surface area contributed by atoms with Crippen LogP contribution in [0.4, 0.5) is 5.69 Å². The topological polar surface area (TPSA) is 48.9 Å². The zero-order chi connectivity index (χ0) is 17.5. The number of rotatable bonds is 6. The van der Waals surface area contributed by atoms with E-state index in [1.807, 2.05) is 19.2 Å². The maximum absolute atomic E-state index is 5.49. The van der Waals surface area contributed by atoms with E-state index in [2.05, 4.69) is 50.2 Å². The zero-order valence-electron chi connectivity index (χ0n) is 15.3. The molecule has 0 amide bonds. The number of anilines is 1. The molecule has 142 valence electrons. The predicted molar refractivity (Wildman–Crippen MR) is 122 cm³/mol. The van der Waals surface area contributed by atoms with Crippen molar-refractivity contribution in [2.75, 3.05) is 38.7 Å². The monoisotopic (exact) mass is 486 g/mol. The van der Waals surface area contributed by atoms with Crippen LogP contribution in [0.25, 0.3) is 0 Å². The number of aliphatic imine (C=N–C) groups is 1. The van der Waals surface area contributed by atoms with Crippen LogP contribution in [0, 0.1) is 0 Å². The minimum absolute atomic E-state index is 0. The van der Waals surface area contributed by atoms with E-state index in [9.17, 15) is 0 Å². The molecule has 1 aromatic heterocycles. The standard InChI is InChI=1S/C19H26N4OS.HI/c1-20-19(21-11-9-16-6-5-13-25-16)22-15-10-12-23(14-15)17-7-3-4-8-18(17)24-2;/h3-8,13,15H,9-12,14H2,1-2H3,(H2,20,21,22);1H. The van der Waals surface area contributed by atoms with Gasteiger partial charge in [0.05, 0.1) is 12.8 Å². The lowest BCUT2D eigenvalue weighted by molar-refractivity contribution is 0.415. The first kappa shape index (κ1) is 20.8. The lowest BCUT2D eigenvalue weighted by Crippen LogP contribution is -2.45. The molecule has 1 atom stereocenters. The van der Waals surface area contributed by atoms with E-state index in [0.717, 1.165) is 49.9 Å². The molecule has 0 bridgehead atoms. The maximum atomic E-state index is 5.49. The summed E-state index contributed by atoms with van der Waals surface area (Å²) < 4.78 is 5.49. The van der Waals surface area contributed by atoms with Gasteiger partial charge in [0.1, 0.15) is 5.75 Å². The van der Waals surface area contributed by atoms with Crippen LogP contribution in [0.1, 0.15) is 11.3 Å². The van der Waals surface area contributed by atoms with E-state index in [1.54, 1.807) is 18.4 Å². The summed E-state index contributed by atoms with van der Waals surface area (Å²) in [5.74, 6) is 1.81. The van der Waals surface area contributed by atoms with Gasteiger partial charge >= 0.3 is 0 Å². The average molecular weight is 486 g/mol. The van der Waals surface area contributed by atoms with Gasteiger partial charge in [-0.3, -0.25) is 4.99 Å². The van der Waals surface area contributed by atoms with Gasteiger partial charge in [-0.15, -0.1) is 35.3 Å². The van der Waals surface area contributed by atoms with E-state index in [4.69, 9.17) is 4.74 Å². The van der Waals surface area contributed by atoms with Crippen LogP contribution < -0.4 is 20.3 Å². The van der Waals surface area contributed by atoms with Crippen LogP contribution in [0.3, 0.4) is 0 Å². The Hall–Kier alpha value is -1.48. The fourth-order valence-corrected chi connectivity index (χ4v) is 3.84. The molecule has 0 saturated carbocycles. The molecule has 0 radical (unpaired) electrons. The summed E-state index contributed by atoms with van der Waals surface area (Å²) in [6.45, 7) is 2.86. The molecule has 1 aliphatic heterocycles. The average Bonchev–Trinajstić information content (AvgIpc) is 3.32. The lowest BCUT2D eigenvalue weighted by Gasteiger charge is -2.22. The van der Waals surface area contributed by atoms with E-state index in [1.165, 1.54) is 4.88 Å². The summed E-state index contributed by atoms with van der Waals surface area (Å²) in [7, 11) is 3.55.